The SMILES string of the molecule is COC(=O)C[C@H](CN(C)CCCCc1ccc2c(n1)NCCC2)c1cncc(OCCOCCOCCOCCOCCC(=O)O)c1. The van der Waals surface area contributed by atoms with Crippen LogP contribution in [-0.2, 0) is 46.1 Å². The Bertz CT molecular complexity index is 1190. The van der Waals surface area contributed by atoms with E-state index < -0.39 is 5.97 Å². The standard InChI is InChI=1S/C34H52N4O9/c1-38(12-4-3-7-30-9-8-27-6-5-11-36-34(27)37-30)26-29(23-33(41)42-2)28-22-31(25-35-24-28)47-21-20-46-19-18-45-17-16-44-15-14-43-13-10-32(39)40/h8-9,22,24-25,29H,3-7,10-21,23,26H2,1-2H3,(H,36,37)(H,39,40)/t29-/m1/s1. The van der Waals surface area contributed by atoms with Gasteiger partial charge < -0.3 is 43.7 Å². The van der Waals surface area contributed by atoms with Crippen LogP contribution in [0.15, 0.2) is 30.6 Å². The minimum atomic E-state index is -0.880. The number of carbonyl (C=O) groups is 2. The van der Waals surface area contributed by atoms with E-state index in [0.29, 0.717) is 65.1 Å². The number of esters is 1. The zero-order valence-corrected chi connectivity index (χ0v) is 28.0. The van der Waals surface area contributed by atoms with E-state index in [4.69, 9.17) is 38.5 Å². The van der Waals surface area contributed by atoms with Gasteiger partial charge in [-0.1, -0.05) is 6.07 Å². The number of unbranched alkanes of at least 4 members (excludes halogenated alkanes) is 1. The van der Waals surface area contributed by atoms with Crippen LogP contribution >= 0.6 is 0 Å². The van der Waals surface area contributed by atoms with E-state index in [0.717, 1.165) is 62.3 Å². The summed E-state index contributed by atoms with van der Waals surface area (Å²) in [5.41, 5.74) is 3.36. The summed E-state index contributed by atoms with van der Waals surface area (Å²) in [4.78, 5) is 34.1. The molecule has 1 aliphatic rings. The quantitative estimate of drug-likeness (QED) is 0.112. The van der Waals surface area contributed by atoms with Crippen LogP contribution in [0.2, 0.25) is 0 Å². The third-order valence-electron chi connectivity index (χ3n) is 7.63. The van der Waals surface area contributed by atoms with E-state index in [-0.39, 0.29) is 31.3 Å². The monoisotopic (exact) mass is 660 g/mol. The van der Waals surface area contributed by atoms with E-state index in [1.807, 2.05) is 6.07 Å². The molecule has 3 heterocycles. The van der Waals surface area contributed by atoms with E-state index in [2.05, 4.69) is 34.4 Å². The molecule has 2 aromatic heterocycles. The van der Waals surface area contributed by atoms with Crippen molar-refractivity contribution in [1.82, 2.24) is 14.9 Å². The second kappa shape index (κ2) is 23.0. The number of carboxylic acids is 1. The summed E-state index contributed by atoms with van der Waals surface area (Å²) in [6.07, 6.45) is 8.96. The number of hydrogen-bond acceptors (Lipinski definition) is 12. The first-order valence-corrected chi connectivity index (χ1v) is 16.5. The van der Waals surface area contributed by atoms with Crippen molar-refractivity contribution in [2.75, 3.05) is 98.6 Å². The van der Waals surface area contributed by atoms with Gasteiger partial charge in [0.25, 0.3) is 0 Å². The first-order chi connectivity index (χ1) is 22.9. The number of likely N-dealkylation sites (N-methyl/N-ethyl adjacent to an activating group) is 1. The highest BCUT2D eigenvalue weighted by atomic mass is 16.6. The summed E-state index contributed by atoms with van der Waals surface area (Å²) in [5.74, 6) is 0.444. The molecule has 1 aliphatic heterocycles. The van der Waals surface area contributed by atoms with E-state index in [9.17, 15) is 9.59 Å². The normalized spacial score (nSPS) is 13.2. The fourth-order valence-electron chi connectivity index (χ4n) is 5.11. The molecule has 2 aromatic rings. The summed E-state index contributed by atoms with van der Waals surface area (Å²) in [6, 6.07) is 6.29. The number of nitrogens with one attached hydrogen (secondary N) is 1. The van der Waals surface area contributed by atoms with Crippen molar-refractivity contribution >= 4 is 17.8 Å². The van der Waals surface area contributed by atoms with Gasteiger partial charge in [0.2, 0.25) is 0 Å². The zero-order valence-electron chi connectivity index (χ0n) is 28.0. The number of fused-ring (bicyclic) bond motifs is 1. The summed E-state index contributed by atoms with van der Waals surface area (Å²) in [5, 5.41) is 12.0. The van der Waals surface area contributed by atoms with Crippen molar-refractivity contribution in [3.8, 4) is 5.75 Å². The Morgan fingerprint density at radius 3 is 2.36 bits per heavy atom. The van der Waals surface area contributed by atoms with Crippen molar-refractivity contribution in [3.63, 3.8) is 0 Å². The van der Waals surface area contributed by atoms with Crippen LogP contribution in [0.1, 0.15) is 54.8 Å². The second-order valence-electron chi connectivity index (χ2n) is 11.4. The first kappa shape index (κ1) is 38.1. The smallest absolute Gasteiger partial charge is 0.306 e. The van der Waals surface area contributed by atoms with Crippen LogP contribution in [0.5, 0.6) is 5.75 Å². The van der Waals surface area contributed by atoms with Crippen molar-refractivity contribution in [2.24, 2.45) is 0 Å². The molecule has 0 bridgehead atoms. The molecule has 0 fully saturated rings. The number of ether oxygens (including phenoxy) is 6. The molecule has 2 N–H and O–H groups in total. The Labute approximate surface area is 278 Å². The average Bonchev–Trinajstić information content (AvgIpc) is 3.08. The molecule has 13 heteroatoms. The minimum absolute atomic E-state index is 0.0124. The maximum absolute atomic E-state index is 12.3. The molecule has 3 rings (SSSR count). The molecule has 1 atom stereocenters. The summed E-state index contributed by atoms with van der Waals surface area (Å²) >= 11 is 0. The predicted octanol–water partition coefficient (Wildman–Crippen LogP) is 3.36. The van der Waals surface area contributed by atoms with Crippen molar-refractivity contribution in [2.45, 2.75) is 50.9 Å². The lowest BCUT2D eigenvalue weighted by Gasteiger charge is -2.24. The Kier molecular flexibility index (Phi) is 18.7. The maximum atomic E-state index is 12.3. The molecule has 13 nitrogen and oxygen atoms in total. The van der Waals surface area contributed by atoms with Gasteiger partial charge in [-0.15, -0.1) is 0 Å². The van der Waals surface area contributed by atoms with Gasteiger partial charge >= 0.3 is 11.9 Å². The Balaban J connectivity index is 1.29. The number of methoxy groups -OCH3 is 1. The number of anilines is 1. The molecule has 262 valence electrons. The number of hydrogen-bond donors (Lipinski definition) is 2. The van der Waals surface area contributed by atoms with E-state index >= 15 is 0 Å². The van der Waals surface area contributed by atoms with Gasteiger partial charge in [0.05, 0.1) is 79.0 Å². The van der Waals surface area contributed by atoms with Crippen LogP contribution in [-0.4, -0.2) is 125 Å². The lowest BCUT2D eigenvalue weighted by molar-refractivity contribution is -0.141. The third kappa shape index (κ3) is 16.3. The highest BCUT2D eigenvalue weighted by Gasteiger charge is 2.20. The molecule has 0 amide bonds. The molecule has 0 saturated heterocycles. The Morgan fingerprint density at radius 2 is 1.66 bits per heavy atom. The van der Waals surface area contributed by atoms with Crippen LogP contribution in [0, 0.1) is 0 Å². The number of aryl methyl sites for hydroxylation is 2. The lowest BCUT2D eigenvalue weighted by Crippen LogP contribution is -2.27. The highest BCUT2D eigenvalue weighted by molar-refractivity contribution is 5.70. The van der Waals surface area contributed by atoms with Gasteiger partial charge in [0.15, 0.2) is 0 Å². The summed E-state index contributed by atoms with van der Waals surface area (Å²) in [7, 11) is 3.49. The molecule has 0 radical (unpaired) electrons. The molecule has 0 aliphatic carbocycles. The second-order valence-corrected chi connectivity index (χ2v) is 11.4. The summed E-state index contributed by atoms with van der Waals surface area (Å²) in [6.45, 7) is 5.97. The van der Waals surface area contributed by atoms with Crippen LogP contribution in [0.4, 0.5) is 5.82 Å². The number of carbonyl (C=O) groups excluding carboxylic acids is 1. The van der Waals surface area contributed by atoms with Gasteiger partial charge in [0, 0.05) is 30.9 Å². The molecule has 0 unspecified atom stereocenters. The van der Waals surface area contributed by atoms with Crippen LogP contribution in [0.25, 0.3) is 0 Å². The van der Waals surface area contributed by atoms with E-state index in [1.165, 1.54) is 12.7 Å². The molecular weight excluding hydrogens is 608 g/mol. The Hall–Kier alpha value is -3.36. The average molecular weight is 661 g/mol. The van der Waals surface area contributed by atoms with Crippen molar-refractivity contribution in [1.29, 1.82) is 0 Å². The van der Waals surface area contributed by atoms with Crippen molar-refractivity contribution < 1.29 is 43.1 Å². The predicted molar refractivity (Wildman–Crippen MR) is 176 cm³/mol. The number of aromatic nitrogens is 2. The summed E-state index contributed by atoms with van der Waals surface area (Å²) < 4.78 is 32.4. The molecule has 47 heavy (non-hydrogen) atoms. The Morgan fingerprint density at radius 1 is 0.957 bits per heavy atom. The van der Waals surface area contributed by atoms with E-state index in [1.54, 1.807) is 12.4 Å². The zero-order chi connectivity index (χ0) is 33.5. The number of carboxylic acid groups (broad SMARTS) is 1. The van der Waals surface area contributed by atoms with Gasteiger partial charge in [-0.2, -0.15) is 0 Å². The molecule has 0 saturated carbocycles. The van der Waals surface area contributed by atoms with Crippen LogP contribution in [0.3, 0.4) is 0 Å². The lowest BCUT2D eigenvalue weighted by atomic mass is 9.96. The minimum Gasteiger partial charge on any atom is -0.490 e. The first-order valence-electron chi connectivity index (χ1n) is 16.5. The van der Waals surface area contributed by atoms with Gasteiger partial charge in [-0.3, -0.25) is 14.6 Å². The molecule has 0 aromatic carbocycles. The molecule has 0 spiro atoms. The number of pyridine rings is 2. The highest BCUT2D eigenvalue weighted by Crippen LogP contribution is 2.25. The topological polar surface area (TPSA) is 151 Å². The van der Waals surface area contributed by atoms with Gasteiger partial charge in [-0.05, 0) is 69.0 Å². The number of rotatable bonds is 26. The van der Waals surface area contributed by atoms with Gasteiger partial charge in [0.1, 0.15) is 18.2 Å². The third-order valence-corrected chi connectivity index (χ3v) is 7.63. The van der Waals surface area contributed by atoms with Crippen LogP contribution < -0.4 is 10.1 Å². The molecular formula is C34H52N4O9. The van der Waals surface area contributed by atoms with Gasteiger partial charge in [-0.25, -0.2) is 4.98 Å². The fourth-order valence-corrected chi connectivity index (χ4v) is 5.11. The number of nitrogens with zero attached hydrogens (tertiary/aromatic N) is 3. The maximum Gasteiger partial charge on any atom is 0.306 e. The number of aliphatic carboxylic acids is 1. The largest absolute Gasteiger partial charge is 0.490 e. The fraction of sp³-hybridized carbons (Fsp3) is 0.647. The van der Waals surface area contributed by atoms with Crippen molar-refractivity contribution in [3.05, 3.63) is 47.4 Å².